The van der Waals surface area contributed by atoms with Crippen molar-refractivity contribution in [3.8, 4) is 22.9 Å². The Labute approximate surface area is 132 Å². The van der Waals surface area contributed by atoms with Gasteiger partial charge in [0.15, 0.2) is 11.6 Å². The zero-order valence-electron chi connectivity index (χ0n) is 12.7. The van der Waals surface area contributed by atoms with E-state index in [-0.39, 0.29) is 35.2 Å². The highest BCUT2D eigenvalue weighted by atomic mass is 32.2. The monoisotopic (exact) mass is 341 g/mol. The average molecular weight is 341 g/mol. The summed E-state index contributed by atoms with van der Waals surface area (Å²) in [6.07, 6.45) is 3.58. The molecule has 2 rings (SSSR count). The molecule has 0 aliphatic carbocycles. The second-order valence-electron chi connectivity index (χ2n) is 4.53. The van der Waals surface area contributed by atoms with Gasteiger partial charge in [0.25, 0.3) is 0 Å². The summed E-state index contributed by atoms with van der Waals surface area (Å²) in [5, 5.41) is 11.3. The molecule has 10 heteroatoms. The molecule has 0 saturated carbocycles. The standard InChI is InChI=1S/C13H15N3O6S/c1-4-22-11-8-9(7-10(16(17)18)12(11)21-2)13-14-5-6-15(13)23(3,19)20/h5-8H,4H2,1-3H3. The van der Waals surface area contributed by atoms with Gasteiger partial charge in [-0.3, -0.25) is 10.1 Å². The van der Waals surface area contributed by atoms with E-state index in [1.165, 1.54) is 31.6 Å². The zero-order valence-corrected chi connectivity index (χ0v) is 13.5. The van der Waals surface area contributed by atoms with Crippen molar-refractivity contribution in [3.05, 3.63) is 34.6 Å². The molecule has 1 heterocycles. The topological polar surface area (TPSA) is 114 Å². The van der Waals surface area contributed by atoms with Crippen LogP contribution in [0, 0.1) is 10.1 Å². The van der Waals surface area contributed by atoms with Crippen molar-refractivity contribution in [3.63, 3.8) is 0 Å². The molecule has 1 aromatic heterocycles. The Morgan fingerprint density at radius 3 is 2.61 bits per heavy atom. The van der Waals surface area contributed by atoms with E-state index in [1.807, 2.05) is 0 Å². The number of nitro benzene ring substituents is 1. The fourth-order valence-electron chi connectivity index (χ4n) is 2.08. The third kappa shape index (κ3) is 3.26. The van der Waals surface area contributed by atoms with Crippen molar-refractivity contribution >= 4 is 15.7 Å². The molecule has 2 aromatic rings. The number of benzene rings is 1. The number of nitrogens with zero attached hydrogens (tertiary/aromatic N) is 3. The Morgan fingerprint density at radius 1 is 1.39 bits per heavy atom. The molecular weight excluding hydrogens is 326 g/mol. The highest BCUT2D eigenvalue weighted by Gasteiger charge is 2.24. The smallest absolute Gasteiger partial charge is 0.315 e. The minimum atomic E-state index is -3.60. The number of ether oxygens (including phenoxy) is 2. The third-order valence-electron chi connectivity index (χ3n) is 2.96. The molecular formula is C13H15N3O6S. The van der Waals surface area contributed by atoms with Gasteiger partial charge in [-0.05, 0) is 13.0 Å². The van der Waals surface area contributed by atoms with E-state index < -0.39 is 14.9 Å². The number of imidazole rings is 1. The van der Waals surface area contributed by atoms with Crippen molar-refractivity contribution in [2.75, 3.05) is 20.0 Å². The van der Waals surface area contributed by atoms with E-state index in [9.17, 15) is 18.5 Å². The van der Waals surface area contributed by atoms with Crippen LogP contribution in [0.3, 0.4) is 0 Å². The first-order valence-electron chi connectivity index (χ1n) is 6.53. The highest BCUT2D eigenvalue weighted by Crippen LogP contribution is 2.40. The Kier molecular flexibility index (Phi) is 4.55. The highest BCUT2D eigenvalue weighted by molar-refractivity contribution is 7.89. The SMILES string of the molecule is CCOc1cc(-c2nccn2S(C)(=O)=O)cc([N+](=O)[O-])c1OC. The Bertz CT molecular complexity index is 843. The Balaban J connectivity index is 2.74. The summed E-state index contributed by atoms with van der Waals surface area (Å²) in [4.78, 5) is 14.6. The van der Waals surface area contributed by atoms with E-state index in [4.69, 9.17) is 9.47 Å². The van der Waals surface area contributed by atoms with Crippen molar-refractivity contribution < 1.29 is 22.8 Å². The van der Waals surface area contributed by atoms with Crippen LogP contribution in [-0.4, -0.2) is 42.3 Å². The van der Waals surface area contributed by atoms with Gasteiger partial charge in [0.2, 0.25) is 15.8 Å². The minimum Gasteiger partial charge on any atom is -0.490 e. The molecule has 124 valence electrons. The van der Waals surface area contributed by atoms with E-state index in [0.717, 1.165) is 10.2 Å². The number of nitro groups is 1. The summed E-state index contributed by atoms with van der Waals surface area (Å²) in [5.74, 6) is 0.166. The number of hydrogen-bond acceptors (Lipinski definition) is 7. The van der Waals surface area contributed by atoms with Crippen LogP contribution in [-0.2, 0) is 10.0 Å². The molecule has 0 unspecified atom stereocenters. The summed E-state index contributed by atoms with van der Waals surface area (Å²) < 4.78 is 34.9. The maximum Gasteiger partial charge on any atom is 0.315 e. The van der Waals surface area contributed by atoms with Gasteiger partial charge >= 0.3 is 5.69 Å². The van der Waals surface area contributed by atoms with Crippen LogP contribution in [0.1, 0.15) is 6.92 Å². The van der Waals surface area contributed by atoms with Crippen LogP contribution in [0.15, 0.2) is 24.5 Å². The zero-order chi connectivity index (χ0) is 17.2. The fraction of sp³-hybridized carbons (Fsp3) is 0.308. The van der Waals surface area contributed by atoms with Crippen molar-refractivity contribution in [1.82, 2.24) is 8.96 Å². The first-order chi connectivity index (χ1) is 10.8. The van der Waals surface area contributed by atoms with E-state index in [0.29, 0.717) is 0 Å². The second kappa shape index (κ2) is 6.24. The number of rotatable bonds is 6. The quantitative estimate of drug-likeness (QED) is 0.580. The van der Waals surface area contributed by atoms with E-state index in [1.54, 1.807) is 6.92 Å². The van der Waals surface area contributed by atoms with Crippen molar-refractivity contribution in [2.24, 2.45) is 0 Å². The molecule has 23 heavy (non-hydrogen) atoms. The predicted octanol–water partition coefficient (Wildman–Crippen LogP) is 1.67. The van der Waals surface area contributed by atoms with Gasteiger partial charge in [-0.25, -0.2) is 17.4 Å². The van der Waals surface area contributed by atoms with E-state index >= 15 is 0 Å². The first kappa shape index (κ1) is 16.7. The fourth-order valence-corrected chi connectivity index (χ4v) is 2.82. The Morgan fingerprint density at radius 2 is 2.09 bits per heavy atom. The predicted molar refractivity (Wildman–Crippen MR) is 82.3 cm³/mol. The molecule has 0 atom stereocenters. The van der Waals surface area contributed by atoms with Gasteiger partial charge < -0.3 is 9.47 Å². The maximum absolute atomic E-state index is 11.8. The molecule has 0 amide bonds. The van der Waals surface area contributed by atoms with Crippen LogP contribution in [0.5, 0.6) is 11.5 Å². The molecule has 1 aromatic carbocycles. The lowest BCUT2D eigenvalue weighted by Gasteiger charge is -2.12. The number of methoxy groups -OCH3 is 1. The maximum atomic E-state index is 11.8. The van der Waals surface area contributed by atoms with Crippen molar-refractivity contribution in [1.29, 1.82) is 0 Å². The molecule has 0 fully saturated rings. The molecule has 0 bridgehead atoms. The Hall–Kier alpha value is -2.62. The van der Waals surface area contributed by atoms with Gasteiger partial charge in [-0.15, -0.1) is 0 Å². The molecule has 9 nitrogen and oxygen atoms in total. The van der Waals surface area contributed by atoms with Gasteiger partial charge in [0, 0.05) is 24.0 Å². The summed E-state index contributed by atoms with van der Waals surface area (Å²) >= 11 is 0. The molecule has 0 N–H and O–H groups in total. The molecule has 0 radical (unpaired) electrons. The summed E-state index contributed by atoms with van der Waals surface area (Å²) in [6.45, 7) is 1.98. The van der Waals surface area contributed by atoms with Crippen LogP contribution >= 0.6 is 0 Å². The lowest BCUT2D eigenvalue weighted by molar-refractivity contribution is -0.385. The summed E-state index contributed by atoms with van der Waals surface area (Å²) in [7, 11) is -2.31. The van der Waals surface area contributed by atoms with Crippen LogP contribution in [0.2, 0.25) is 0 Å². The van der Waals surface area contributed by atoms with Gasteiger partial charge in [-0.2, -0.15) is 0 Å². The lowest BCUT2D eigenvalue weighted by atomic mass is 10.1. The van der Waals surface area contributed by atoms with Crippen LogP contribution < -0.4 is 9.47 Å². The van der Waals surface area contributed by atoms with Gasteiger partial charge in [0.05, 0.1) is 24.9 Å². The van der Waals surface area contributed by atoms with Gasteiger partial charge in [0.1, 0.15) is 0 Å². The summed E-state index contributed by atoms with van der Waals surface area (Å²) in [5.41, 5.74) is -0.104. The minimum absolute atomic E-state index is 0.0296. The van der Waals surface area contributed by atoms with Crippen LogP contribution in [0.4, 0.5) is 5.69 Å². The summed E-state index contributed by atoms with van der Waals surface area (Å²) in [6, 6.07) is 2.66. The average Bonchev–Trinajstić information content (AvgIpc) is 2.96. The normalized spacial score (nSPS) is 11.3. The molecule has 0 spiro atoms. The lowest BCUT2D eigenvalue weighted by Crippen LogP contribution is -2.10. The number of aromatic nitrogens is 2. The molecule has 0 aliphatic heterocycles. The molecule has 0 saturated heterocycles. The number of hydrogen-bond donors (Lipinski definition) is 0. The van der Waals surface area contributed by atoms with Crippen molar-refractivity contribution in [2.45, 2.75) is 6.92 Å². The van der Waals surface area contributed by atoms with E-state index in [2.05, 4.69) is 4.98 Å². The first-order valence-corrected chi connectivity index (χ1v) is 8.38. The second-order valence-corrected chi connectivity index (χ2v) is 6.39. The largest absolute Gasteiger partial charge is 0.490 e. The molecule has 0 aliphatic rings. The third-order valence-corrected chi connectivity index (χ3v) is 3.97. The van der Waals surface area contributed by atoms with Gasteiger partial charge in [-0.1, -0.05) is 0 Å². The van der Waals surface area contributed by atoms with Crippen LogP contribution in [0.25, 0.3) is 11.4 Å².